The van der Waals surface area contributed by atoms with Crippen molar-refractivity contribution in [2.75, 3.05) is 7.11 Å². The number of nitrogens with zero attached hydrogens (tertiary/aromatic N) is 2. The number of carbonyl (C=O) groups excluding carboxylic acids is 2. The van der Waals surface area contributed by atoms with Gasteiger partial charge in [-0.2, -0.15) is 4.79 Å². The fourth-order valence-electron chi connectivity index (χ4n) is 2.74. The quantitative estimate of drug-likeness (QED) is 0.311. The van der Waals surface area contributed by atoms with E-state index in [0.29, 0.717) is 11.2 Å². The van der Waals surface area contributed by atoms with E-state index in [1.54, 1.807) is 18.3 Å². The fraction of sp³-hybridized carbons (Fsp3) is 0.333. The van der Waals surface area contributed by atoms with Crippen LogP contribution in [0.25, 0.3) is 16.4 Å². The summed E-state index contributed by atoms with van der Waals surface area (Å²) >= 11 is 6.02. The van der Waals surface area contributed by atoms with E-state index in [0.717, 1.165) is 16.5 Å². The minimum Gasteiger partial charge on any atom is -0.480 e. The van der Waals surface area contributed by atoms with Crippen LogP contribution in [-0.4, -0.2) is 58.0 Å². The Kier molecular flexibility index (Phi) is 7.45. The number of ketones is 1. The van der Waals surface area contributed by atoms with Gasteiger partial charge in [0.1, 0.15) is 12.1 Å². The molecule has 2 atom stereocenters. The monoisotopic (exact) mass is 406 g/mol. The lowest BCUT2D eigenvalue weighted by Gasteiger charge is -2.19. The molecule has 0 saturated carbocycles. The number of ether oxygens (including phenoxy) is 1. The molecule has 1 aromatic carbocycles. The SMILES string of the molecule is CO[C@@H](Cc1c[nH]c2ccc(Cl)cc12)C(=O)N[C@@H](CCC(=O)C=[N+]=[N-])C(=O)O. The fourth-order valence-corrected chi connectivity index (χ4v) is 2.91. The Labute approximate surface area is 165 Å². The lowest BCUT2D eigenvalue weighted by atomic mass is 10.0. The average Bonchev–Trinajstić information content (AvgIpc) is 3.04. The molecule has 0 saturated heterocycles. The average molecular weight is 407 g/mol. The van der Waals surface area contributed by atoms with E-state index in [1.807, 2.05) is 6.07 Å². The Bertz CT molecular complexity index is 935. The van der Waals surface area contributed by atoms with Crippen molar-refractivity contribution in [1.82, 2.24) is 10.3 Å². The molecule has 0 radical (unpaired) electrons. The number of rotatable bonds is 10. The van der Waals surface area contributed by atoms with Crippen LogP contribution in [0.1, 0.15) is 18.4 Å². The highest BCUT2D eigenvalue weighted by atomic mass is 35.5. The zero-order valence-corrected chi connectivity index (χ0v) is 15.8. The van der Waals surface area contributed by atoms with Gasteiger partial charge in [-0.1, -0.05) is 11.6 Å². The van der Waals surface area contributed by atoms with Crippen molar-refractivity contribution < 1.29 is 29.0 Å². The predicted molar refractivity (Wildman–Crippen MR) is 101 cm³/mol. The molecule has 28 heavy (non-hydrogen) atoms. The number of halogens is 1. The molecule has 1 aromatic heterocycles. The normalized spacial score (nSPS) is 12.8. The molecule has 2 rings (SSSR count). The number of carboxylic acids is 1. The molecule has 0 aliphatic rings. The Morgan fingerprint density at radius 2 is 2.18 bits per heavy atom. The van der Waals surface area contributed by atoms with E-state index in [-0.39, 0.29) is 19.3 Å². The molecular weight excluding hydrogens is 388 g/mol. The molecular formula is C18H19ClN4O5. The summed E-state index contributed by atoms with van der Waals surface area (Å²) in [5.74, 6) is -2.45. The summed E-state index contributed by atoms with van der Waals surface area (Å²) in [6.07, 6.45) is 1.34. The van der Waals surface area contributed by atoms with Gasteiger partial charge in [0.25, 0.3) is 0 Å². The molecule has 0 aliphatic carbocycles. The number of methoxy groups -OCH3 is 1. The highest BCUT2D eigenvalue weighted by Crippen LogP contribution is 2.23. The lowest BCUT2D eigenvalue weighted by Crippen LogP contribution is -2.46. The van der Waals surface area contributed by atoms with Crippen LogP contribution in [0.2, 0.25) is 5.02 Å². The highest BCUT2D eigenvalue weighted by molar-refractivity contribution is 6.31. The lowest BCUT2D eigenvalue weighted by molar-refractivity contribution is -0.144. The van der Waals surface area contributed by atoms with Gasteiger partial charge in [0.15, 0.2) is 0 Å². The van der Waals surface area contributed by atoms with Gasteiger partial charge in [0, 0.05) is 42.1 Å². The number of fused-ring (bicyclic) bond motifs is 1. The number of aromatic nitrogens is 1. The zero-order chi connectivity index (χ0) is 20.7. The van der Waals surface area contributed by atoms with Crippen molar-refractivity contribution in [3.05, 3.63) is 40.5 Å². The Morgan fingerprint density at radius 1 is 1.43 bits per heavy atom. The van der Waals surface area contributed by atoms with Gasteiger partial charge < -0.3 is 25.7 Å². The molecule has 1 heterocycles. The van der Waals surface area contributed by atoms with Gasteiger partial charge in [0.05, 0.1) is 0 Å². The molecule has 0 fully saturated rings. The molecule has 0 aliphatic heterocycles. The number of carbonyl (C=O) groups is 3. The first-order chi connectivity index (χ1) is 13.3. The van der Waals surface area contributed by atoms with Gasteiger partial charge in [-0.3, -0.25) is 9.59 Å². The summed E-state index contributed by atoms with van der Waals surface area (Å²) in [5, 5.41) is 13.0. The third kappa shape index (κ3) is 5.50. The summed E-state index contributed by atoms with van der Waals surface area (Å²) in [6.45, 7) is 0. The third-order valence-corrected chi connectivity index (χ3v) is 4.44. The van der Waals surface area contributed by atoms with E-state index in [2.05, 4.69) is 15.1 Å². The molecule has 1 amide bonds. The van der Waals surface area contributed by atoms with Crippen LogP contribution in [-0.2, 0) is 25.5 Å². The van der Waals surface area contributed by atoms with E-state index >= 15 is 0 Å². The van der Waals surface area contributed by atoms with Crippen LogP contribution < -0.4 is 5.32 Å². The number of benzene rings is 1. The van der Waals surface area contributed by atoms with Crippen LogP contribution in [0.3, 0.4) is 0 Å². The van der Waals surface area contributed by atoms with Gasteiger partial charge in [-0.05, 0) is 30.2 Å². The Hall–Kier alpha value is -3.00. The smallest absolute Gasteiger partial charge is 0.326 e. The summed E-state index contributed by atoms with van der Waals surface area (Å²) < 4.78 is 5.24. The van der Waals surface area contributed by atoms with Crippen molar-refractivity contribution >= 4 is 46.4 Å². The van der Waals surface area contributed by atoms with E-state index in [4.69, 9.17) is 21.9 Å². The molecule has 0 spiro atoms. The number of hydrogen-bond donors (Lipinski definition) is 3. The van der Waals surface area contributed by atoms with E-state index in [9.17, 15) is 19.5 Å². The van der Waals surface area contributed by atoms with Crippen molar-refractivity contribution in [3.8, 4) is 0 Å². The summed E-state index contributed by atoms with van der Waals surface area (Å²) in [7, 11) is 1.35. The van der Waals surface area contributed by atoms with Crippen molar-refractivity contribution in [2.24, 2.45) is 0 Å². The number of H-pyrrole nitrogens is 1. The minimum absolute atomic E-state index is 0.148. The Balaban J connectivity index is 2.08. The topological polar surface area (TPSA) is 145 Å². The first-order valence-corrected chi connectivity index (χ1v) is 8.75. The maximum absolute atomic E-state index is 12.5. The maximum Gasteiger partial charge on any atom is 0.326 e. The number of hydrogen-bond acceptors (Lipinski definition) is 4. The zero-order valence-electron chi connectivity index (χ0n) is 15.0. The maximum atomic E-state index is 12.5. The summed E-state index contributed by atoms with van der Waals surface area (Å²) in [4.78, 5) is 40.9. The molecule has 148 valence electrons. The Morgan fingerprint density at radius 3 is 2.82 bits per heavy atom. The third-order valence-electron chi connectivity index (χ3n) is 4.21. The number of aliphatic carboxylic acids is 1. The molecule has 0 bridgehead atoms. The van der Waals surface area contributed by atoms with E-state index in [1.165, 1.54) is 7.11 Å². The van der Waals surface area contributed by atoms with E-state index < -0.39 is 29.8 Å². The minimum atomic E-state index is -1.28. The summed E-state index contributed by atoms with van der Waals surface area (Å²) in [6, 6.07) is 4.04. The van der Waals surface area contributed by atoms with Crippen LogP contribution in [0.15, 0.2) is 24.4 Å². The standard InChI is InChI=1S/C18H19ClN4O5/c1-28-16(6-10-8-21-14-4-2-11(19)7-13(10)14)17(25)23-15(18(26)27)5-3-12(24)9-22-20/h2,4,7-9,15-16,21H,3,5-6H2,1H3,(H,23,25)(H,26,27)/t15-,16-/m0/s1. The summed E-state index contributed by atoms with van der Waals surface area (Å²) in [5.41, 5.74) is 9.95. The van der Waals surface area contributed by atoms with Gasteiger partial charge in [-0.25, -0.2) is 4.79 Å². The van der Waals surface area contributed by atoms with Gasteiger partial charge >= 0.3 is 12.2 Å². The first-order valence-electron chi connectivity index (χ1n) is 8.37. The second-order valence-electron chi connectivity index (χ2n) is 6.08. The van der Waals surface area contributed by atoms with Crippen molar-refractivity contribution in [3.63, 3.8) is 0 Å². The molecule has 2 aromatic rings. The second kappa shape index (κ2) is 9.80. The molecule has 3 N–H and O–H groups in total. The molecule has 0 unspecified atom stereocenters. The van der Waals surface area contributed by atoms with Crippen LogP contribution in [0, 0.1) is 0 Å². The molecule has 10 heteroatoms. The van der Waals surface area contributed by atoms with Crippen LogP contribution in [0.4, 0.5) is 0 Å². The van der Waals surface area contributed by atoms with Gasteiger partial charge in [0.2, 0.25) is 11.7 Å². The largest absolute Gasteiger partial charge is 0.480 e. The number of nitrogens with one attached hydrogen (secondary N) is 2. The van der Waals surface area contributed by atoms with Crippen LogP contribution >= 0.6 is 11.6 Å². The second-order valence-corrected chi connectivity index (χ2v) is 6.52. The number of amides is 1. The number of aromatic amines is 1. The predicted octanol–water partition coefficient (Wildman–Crippen LogP) is 1.60. The van der Waals surface area contributed by atoms with Gasteiger partial charge in [-0.15, -0.1) is 0 Å². The molecule has 9 nitrogen and oxygen atoms in total. The van der Waals surface area contributed by atoms with Crippen LogP contribution in [0.5, 0.6) is 0 Å². The number of Topliss-reactive ketones (excluding diaryl/α,β-unsaturated/α-hetero) is 1. The first kappa shape index (κ1) is 21.3. The highest BCUT2D eigenvalue weighted by Gasteiger charge is 2.26. The van der Waals surface area contributed by atoms with Crippen molar-refractivity contribution in [1.29, 1.82) is 0 Å². The van der Waals surface area contributed by atoms with Crippen molar-refractivity contribution in [2.45, 2.75) is 31.4 Å². The number of carboxylic acid groups (broad SMARTS) is 1.